The zero-order valence-corrected chi connectivity index (χ0v) is 14.7. The summed E-state index contributed by atoms with van der Waals surface area (Å²) in [6.07, 6.45) is 0. The first-order valence-corrected chi connectivity index (χ1v) is 8.92. The van der Waals surface area contributed by atoms with E-state index in [-0.39, 0.29) is 16.3 Å². The average Bonchev–Trinajstić information content (AvgIpc) is 2.45. The third-order valence-corrected chi connectivity index (χ3v) is 4.80. The fourth-order valence-corrected chi connectivity index (χ4v) is 3.43. The van der Waals surface area contributed by atoms with E-state index in [4.69, 9.17) is 28.3 Å². The van der Waals surface area contributed by atoms with Gasteiger partial charge in [-0.3, -0.25) is 10.1 Å². The lowest BCUT2D eigenvalue weighted by Crippen LogP contribution is -2.17. The quantitative estimate of drug-likeness (QED) is 0.596. The van der Waals surface area contributed by atoms with Crippen LogP contribution in [0.25, 0.3) is 0 Å². The molecule has 1 unspecified atom stereocenters. The van der Waals surface area contributed by atoms with Crippen molar-refractivity contribution < 1.29 is 13.3 Å². The van der Waals surface area contributed by atoms with Crippen molar-refractivity contribution in [2.45, 2.75) is 17.9 Å². The number of non-ortho nitro benzene ring substituents is 1. The number of halogens is 2. The van der Waals surface area contributed by atoms with Crippen molar-refractivity contribution >= 4 is 44.6 Å². The molecular weight excluding hydrogens is 377 g/mol. The van der Waals surface area contributed by atoms with Crippen LogP contribution in [0.3, 0.4) is 0 Å². The number of nitrogens with two attached hydrogens (primary N) is 1. The highest BCUT2D eigenvalue weighted by Gasteiger charge is 2.21. The van der Waals surface area contributed by atoms with E-state index in [1.165, 1.54) is 12.1 Å². The molecule has 0 radical (unpaired) electrons. The molecule has 2 rings (SSSR count). The van der Waals surface area contributed by atoms with Gasteiger partial charge >= 0.3 is 0 Å². The fourth-order valence-electron chi connectivity index (χ4n) is 2.14. The SMILES string of the molecule is CC(Nc1ccc([N+](=O)[O-])cc1S(N)(=O)=O)c1ccc(Cl)cc1Cl. The third-order valence-electron chi connectivity index (χ3n) is 3.28. The van der Waals surface area contributed by atoms with E-state index in [2.05, 4.69) is 5.32 Å². The fraction of sp³-hybridized carbons (Fsp3) is 0.143. The molecule has 10 heteroatoms. The molecule has 0 spiro atoms. The molecule has 0 saturated heterocycles. The van der Waals surface area contributed by atoms with Gasteiger partial charge in [-0.1, -0.05) is 29.3 Å². The molecule has 2 aromatic carbocycles. The number of nitrogens with zero attached hydrogens (tertiary/aromatic N) is 1. The van der Waals surface area contributed by atoms with Gasteiger partial charge in [0.1, 0.15) is 4.90 Å². The maximum atomic E-state index is 11.7. The molecule has 0 amide bonds. The predicted octanol–water partition coefficient (Wildman–Crippen LogP) is 3.72. The minimum Gasteiger partial charge on any atom is -0.377 e. The Balaban J connectivity index is 2.43. The van der Waals surface area contributed by atoms with Crippen LogP contribution in [0.2, 0.25) is 10.0 Å². The molecule has 0 heterocycles. The Bertz CT molecular complexity index is 903. The van der Waals surface area contributed by atoms with Gasteiger partial charge in [-0.25, -0.2) is 13.6 Å². The smallest absolute Gasteiger partial charge is 0.270 e. The highest BCUT2D eigenvalue weighted by atomic mass is 35.5. The van der Waals surface area contributed by atoms with Crippen LogP contribution >= 0.6 is 23.2 Å². The Hall–Kier alpha value is -1.87. The van der Waals surface area contributed by atoms with Crippen LogP contribution in [-0.4, -0.2) is 13.3 Å². The lowest BCUT2D eigenvalue weighted by Gasteiger charge is -2.19. The number of sulfonamides is 1. The summed E-state index contributed by atoms with van der Waals surface area (Å²) in [5, 5.41) is 19.8. The van der Waals surface area contributed by atoms with Crippen LogP contribution in [0, 0.1) is 10.1 Å². The van der Waals surface area contributed by atoms with Gasteiger partial charge in [0, 0.05) is 22.2 Å². The normalized spacial score (nSPS) is 12.7. The number of nitro groups is 1. The van der Waals surface area contributed by atoms with E-state index >= 15 is 0 Å². The van der Waals surface area contributed by atoms with Crippen LogP contribution in [0.15, 0.2) is 41.3 Å². The van der Waals surface area contributed by atoms with Gasteiger partial charge in [-0.05, 0) is 30.7 Å². The summed E-state index contributed by atoms with van der Waals surface area (Å²) in [7, 11) is -4.16. The molecule has 7 nitrogen and oxygen atoms in total. The molecule has 0 aromatic heterocycles. The van der Waals surface area contributed by atoms with E-state index in [0.29, 0.717) is 15.6 Å². The monoisotopic (exact) mass is 389 g/mol. The van der Waals surface area contributed by atoms with Gasteiger partial charge in [0.25, 0.3) is 5.69 Å². The largest absolute Gasteiger partial charge is 0.377 e. The van der Waals surface area contributed by atoms with Gasteiger partial charge in [0.15, 0.2) is 0 Å². The van der Waals surface area contributed by atoms with Crippen molar-refractivity contribution in [3.05, 3.63) is 62.1 Å². The van der Waals surface area contributed by atoms with Crippen LogP contribution in [-0.2, 0) is 10.0 Å². The Kier molecular flexibility index (Phi) is 5.34. The van der Waals surface area contributed by atoms with Gasteiger partial charge < -0.3 is 5.32 Å². The van der Waals surface area contributed by atoms with Crippen LogP contribution < -0.4 is 10.5 Å². The summed E-state index contributed by atoms with van der Waals surface area (Å²) in [5.41, 5.74) is 0.447. The van der Waals surface area contributed by atoms with Crippen molar-refractivity contribution in [3.63, 3.8) is 0 Å². The number of hydrogen-bond donors (Lipinski definition) is 2. The van der Waals surface area contributed by atoms with E-state index in [9.17, 15) is 18.5 Å². The Labute approximate surface area is 148 Å². The number of hydrogen-bond acceptors (Lipinski definition) is 5. The van der Waals surface area contributed by atoms with E-state index < -0.39 is 21.0 Å². The van der Waals surface area contributed by atoms with Gasteiger partial charge in [-0.2, -0.15) is 0 Å². The first kappa shape index (κ1) is 18.5. The maximum Gasteiger partial charge on any atom is 0.270 e. The Morgan fingerprint density at radius 2 is 1.88 bits per heavy atom. The molecule has 0 bridgehead atoms. The van der Waals surface area contributed by atoms with Gasteiger partial charge in [0.05, 0.1) is 16.7 Å². The number of primary sulfonamides is 1. The van der Waals surface area contributed by atoms with Crippen molar-refractivity contribution in [2.75, 3.05) is 5.32 Å². The average molecular weight is 390 g/mol. The second kappa shape index (κ2) is 6.94. The summed E-state index contributed by atoms with van der Waals surface area (Å²) in [5.74, 6) is 0. The molecule has 24 heavy (non-hydrogen) atoms. The minimum atomic E-state index is -4.16. The zero-order valence-electron chi connectivity index (χ0n) is 12.4. The molecule has 0 fully saturated rings. The van der Waals surface area contributed by atoms with Crippen molar-refractivity contribution in [1.82, 2.24) is 0 Å². The van der Waals surface area contributed by atoms with E-state index in [1.54, 1.807) is 25.1 Å². The Morgan fingerprint density at radius 3 is 2.42 bits per heavy atom. The standard InChI is InChI=1S/C14H13Cl2N3O4S/c1-8(11-4-2-9(15)6-12(11)16)18-13-5-3-10(19(20)21)7-14(13)24(17,22)23/h2-8,18H,1H3,(H2,17,22,23). The molecule has 1 atom stereocenters. The Morgan fingerprint density at radius 1 is 1.21 bits per heavy atom. The number of benzene rings is 2. The maximum absolute atomic E-state index is 11.7. The second-order valence-corrected chi connectivity index (χ2v) is 7.39. The summed E-state index contributed by atoms with van der Waals surface area (Å²) >= 11 is 12.0. The summed E-state index contributed by atoms with van der Waals surface area (Å²) in [6, 6.07) is 7.91. The number of rotatable bonds is 5. The molecule has 3 N–H and O–H groups in total. The number of nitro benzene ring substituents is 1. The molecule has 0 saturated carbocycles. The molecule has 128 valence electrons. The molecule has 2 aromatic rings. The van der Waals surface area contributed by atoms with E-state index in [0.717, 1.165) is 6.07 Å². The lowest BCUT2D eigenvalue weighted by atomic mass is 10.1. The lowest BCUT2D eigenvalue weighted by molar-refractivity contribution is -0.385. The minimum absolute atomic E-state index is 0.140. The van der Waals surface area contributed by atoms with Gasteiger partial charge in [-0.15, -0.1) is 0 Å². The highest BCUT2D eigenvalue weighted by molar-refractivity contribution is 7.89. The van der Waals surface area contributed by atoms with Gasteiger partial charge in [0.2, 0.25) is 10.0 Å². The topological polar surface area (TPSA) is 115 Å². The van der Waals surface area contributed by atoms with Crippen molar-refractivity contribution in [1.29, 1.82) is 0 Å². The molecule has 0 aliphatic carbocycles. The van der Waals surface area contributed by atoms with Crippen LogP contribution in [0.1, 0.15) is 18.5 Å². The second-order valence-electron chi connectivity index (χ2n) is 5.01. The number of nitrogens with one attached hydrogen (secondary N) is 1. The summed E-state index contributed by atoms with van der Waals surface area (Å²) in [6.45, 7) is 1.75. The van der Waals surface area contributed by atoms with Crippen LogP contribution in [0.5, 0.6) is 0 Å². The molecular formula is C14H13Cl2N3O4S. The number of anilines is 1. The molecule has 0 aliphatic rings. The van der Waals surface area contributed by atoms with Crippen molar-refractivity contribution in [3.8, 4) is 0 Å². The highest BCUT2D eigenvalue weighted by Crippen LogP contribution is 2.32. The summed E-state index contributed by atoms with van der Waals surface area (Å²) in [4.78, 5) is 9.77. The van der Waals surface area contributed by atoms with Crippen molar-refractivity contribution in [2.24, 2.45) is 5.14 Å². The summed E-state index contributed by atoms with van der Waals surface area (Å²) < 4.78 is 23.5. The first-order valence-electron chi connectivity index (χ1n) is 6.62. The molecule has 0 aliphatic heterocycles. The zero-order chi connectivity index (χ0) is 18.1. The third kappa shape index (κ3) is 4.15. The van der Waals surface area contributed by atoms with E-state index in [1.807, 2.05) is 0 Å². The van der Waals surface area contributed by atoms with Crippen LogP contribution in [0.4, 0.5) is 11.4 Å². The predicted molar refractivity (Wildman–Crippen MR) is 93.0 cm³/mol. The first-order chi connectivity index (χ1) is 11.1.